The third-order valence-electron chi connectivity index (χ3n) is 4.50. The molecule has 1 aromatic carbocycles. The average molecular weight is 249 g/mol. The number of hydrogen-bond acceptors (Lipinski definition) is 1. The molecule has 0 spiro atoms. The molecule has 0 amide bonds. The number of hydrogen-bond donors (Lipinski definition) is 1. The first-order valence-corrected chi connectivity index (χ1v) is 6.97. The third-order valence-corrected chi connectivity index (χ3v) is 4.50. The molecule has 0 bridgehead atoms. The Hall–Kier alpha value is -0.890. The molecule has 1 aliphatic carbocycles. The molecule has 0 aliphatic heterocycles. The lowest BCUT2D eigenvalue weighted by Gasteiger charge is -2.38. The van der Waals surface area contributed by atoms with E-state index >= 15 is 0 Å². The Morgan fingerprint density at radius 3 is 2.28 bits per heavy atom. The molecule has 1 aliphatic rings. The Morgan fingerprint density at radius 1 is 1.22 bits per heavy atom. The zero-order valence-electron chi connectivity index (χ0n) is 11.5. The van der Waals surface area contributed by atoms with Crippen molar-refractivity contribution >= 4 is 0 Å². The van der Waals surface area contributed by atoms with E-state index in [1.54, 1.807) is 12.1 Å². The van der Waals surface area contributed by atoms with Gasteiger partial charge < -0.3 is 5.73 Å². The van der Waals surface area contributed by atoms with Crippen LogP contribution in [0.15, 0.2) is 24.3 Å². The molecule has 1 fully saturated rings. The third kappa shape index (κ3) is 3.11. The number of benzene rings is 1. The average Bonchev–Trinajstić information content (AvgIpc) is 2.34. The Bertz CT molecular complexity index is 373. The van der Waals surface area contributed by atoms with Gasteiger partial charge in [0.25, 0.3) is 0 Å². The predicted octanol–water partition coefficient (Wildman–Crippen LogP) is 4.08. The van der Waals surface area contributed by atoms with Crippen molar-refractivity contribution in [1.29, 1.82) is 0 Å². The maximum absolute atomic E-state index is 13.0. The van der Waals surface area contributed by atoms with Crippen molar-refractivity contribution < 1.29 is 4.39 Å². The van der Waals surface area contributed by atoms with E-state index in [0.29, 0.717) is 23.8 Å². The van der Waals surface area contributed by atoms with Crippen LogP contribution >= 0.6 is 0 Å². The van der Waals surface area contributed by atoms with E-state index in [-0.39, 0.29) is 5.82 Å². The molecule has 0 heterocycles. The van der Waals surface area contributed by atoms with Crippen LogP contribution in [0.4, 0.5) is 4.39 Å². The van der Waals surface area contributed by atoms with Crippen molar-refractivity contribution in [3.05, 3.63) is 35.6 Å². The topological polar surface area (TPSA) is 26.0 Å². The van der Waals surface area contributed by atoms with Crippen LogP contribution in [0.25, 0.3) is 0 Å². The number of rotatable bonds is 3. The molecule has 2 rings (SSSR count). The molecular formula is C16H24FN. The molecule has 2 N–H and O–H groups in total. The van der Waals surface area contributed by atoms with Crippen molar-refractivity contribution in [2.45, 2.75) is 45.4 Å². The highest BCUT2D eigenvalue weighted by Gasteiger charge is 2.31. The summed E-state index contributed by atoms with van der Waals surface area (Å²) in [5.41, 5.74) is 7.63. The zero-order chi connectivity index (χ0) is 13.2. The van der Waals surface area contributed by atoms with Gasteiger partial charge >= 0.3 is 0 Å². The minimum absolute atomic E-state index is 0.167. The highest BCUT2D eigenvalue weighted by molar-refractivity contribution is 5.22. The molecule has 0 radical (unpaired) electrons. The van der Waals surface area contributed by atoms with E-state index < -0.39 is 0 Å². The monoisotopic (exact) mass is 249 g/mol. The number of nitrogens with two attached hydrogens (primary N) is 1. The largest absolute Gasteiger partial charge is 0.330 e. The Kier molecular flexibility index (Phi) is 4.06. The summed E-state index contributed by atoms with van der Waals surface area (Å²) in [7, 11) is 0. The van der Waals surface area contributed by atoms with Crippen LogP contribution in [-0.4, -0.2) is 6.54 Å². The highest BCUT2D eigenvalue weighted by atomic mass is 19.1. The lowest BCUT2D eigenvalue weighted by atomic mass is 9.68. The first-order valence-electron chi connectivity index (χ1n) is 6.97. The van der Waals surface area contributed by atoms with E-state index in [1.165, 1.54) is 31.2 Å². The van der Waals surface area contributed by atoms with Crippen molar-refractivity contribution in [2.24, 2.45) is 17.1 Å². The minimum Gasteiger partial charge on any atom is -0.330 e. The van der Waals surface area contributed by atoms with Crippen molar-refractivity contribution in [3.8, 4) is 0 Å². The van der Waals surface area contributed by atoms with Crippen LogP contribution in [0.2, 0.25) is 0 Å². The highest BCUT2D eigenvalue weighted by Crippen LogP contribution is 2.43. The first kappa shape index (κ1) is 13.5. The van der Waals surface area contributed by atoms with Crippen LogP contribution in [0.5, 0.6) is 0 Å². The second-order valence-corrected chi connectivity index (χ2v) is 6.40. The van der Waals surface area contributed by atoms with Crippen molar-refractivity contribution in [1.82, 2.24) is 0 Å². The van der Waals surface area contributed by atoms with Gasteiger partial charge in [-0.15, -0.1) is 0 Å². The Balaban J connectivity index is 2.08. The SMILES string of the molecule is CC1(C)CCC([C@@H](CN)c2ccc(F)cc2)CC1. The molecule has 2 heteroatoms. The molecule has 1 atom stereocenters. The van der Waals surface area contributed by atoms with Gasteiger partial charge in [-0.25, -0.2) is 4.39 Å². The molecule has 0 saturated heterocycles. The van der Waals surface area contributed by atoms with Gasteiger partial charge in [-0.2, -0.15) is 0 Å². The fraction of sp³-hybridized carbons (Fsp3) is 0.625. The van der Waals surface area contributed by atoms with Gasteiger partial charge in [-0.1, -0.05) is 26.0 Å². The van der Waals surface area contributed by atoms with Crippen molar-refractivity contribution in [2.75, 3.05) is 6.54 Å². The van der Waals surface area contributed by atoms with Crippen LogP contribution in [0, 0.1) is 17.2 Å². The summed E-state index contributed by atoms with van der Waals surface area (Å²) in [5.74, 6) is 0.884. The Labute approximate surface area is 110 Å². The second kappa shape index (κ2) is 5.40. The van der Waals surface area contributed by atoms with Crippen LogP contribution in [0.1, 0.15) is 51.0 Å². The van der Waals surface area contributed by atoms with E-state index in [4.69, 9.17) is 5.73 Å². The fourth-order valence-corrected chi connectivity index (χ4v) is 3.13. The molecule has 1 saturated carbocycles. The van der Waals surface area contributed by atoms with Gasteiger partial charge in [0.05, 0.1) is 0 Å². The molecule has 100 valence electrons. The summed E-state index contributed by atoms with van der Waals surface area (Å²) in [6.07, 6.45) is 5.03. The molecule has 1 aromatic rings. The summed E-state index contributed by atoms with van der Waals surface area (Å²) in [6, 6.07) is 6.88. The van der Waals surface area contributed by atoms with Gasteiger partial charge in [0.2, 0.25) is 0 Å². The van der Waals surface area contributed by atoms with E-state index in [0.717, 1.165) is 0 Å². The summed E-state index contributed by atoms with van der Waals surface area (Å²) in [4.78, 5) is 0. The predicted molar refractivity (Wildman–Crippen MR) is 73.9 cm³/mol. The first-order chi connectivity index (χ1) is 8.52. The van der Waals surface area contributed by atoms with Gasteiger partial charge in [-0.05, 0) is 67.2 Å². The zero-order valence-corrected chi connectivity index (χ0v) is 11.5. The lowest BCUT2D eigenvalue weighted by molar-refractivity contribution is 0.173. The standard InChI is InChI=1S/C16H24FN/c1-16(2)9-7-13(8-10-16)15(11-18)12-3-5-14(17)6-4-12/h3-6,13,15H,7-11,18H2,1-2H3/t15-/m0/s1. The molecular weight excluding hydrogens is 225 g/mol. The Morgan fingerprint density at radius 2 is 1.78 bits per heavy atom. The molecule has 18 heavy (non-hydrogen) atoms. The van der Waals surface area contributed by atoms with Gasteiger partial charge in [-0.3, -0.25) is 0 Å². The quantitative estimate of drug-likeness (QED) is 0.858. The normalized spacial score (nSPS) is 21.8. The van der Waals surface area contributed by atoms with E-state index in [1.807, 2.05) is 12.1 Å². The fourth-order valence-electron chi connectivity index (χ4n) is 3.13. The smallest absolute Gasteiger partial charge is 0.123 e. The molecule has 0 unspecified atom stereocenters. The minimum atomic E-state index is -0.167. The van der Waals surface area contributed by atoms with E-state index in [2.05, 4.69) is 13.8 Å². The maximum Gasteiger partial charge on any atom is 0.123 e. The molecule has 1 nitrogen and oxygen atoms in total. The van der Waals surface area contributed by atoms with Crippen LogP contribution in [-0.2, 0) is 0 Å². The van der Waals surface area contributed by atoms with Crippen molar-refractivity contribution in [3.63, 3.8) is 0 Å². The van der Waals surface area contributed by atoms with Gasteiger partial charge in [0.15, 0.2) is 0 Å². The lowest BCUT2D eigenvalue weighted by Crippen LogP contribution is -2.28. The summed E-state index contributed by atoms with van der Waals surface area (Å²) in [6.45, 7) is 5.36. The van der Waals surface area contributed by atoms with E-state index in [9.17, 15) is 4.39 Å². The molecule has 0 aromatic heterocycles. The maximum atomic E-state index is 13.0. The summed E-state index contributed by atoms with van der Waals surface area (Å²) < 4.78 is 13.0. The summed E-state index contributed by atoms with van der Waals surface area (Å²) in [5, 5.41) is 0. The summed E-state index contributed by atoms with van der Waals surface area (Å²) >= 11 is 0. The van der Waals surface area contributed by atoms with Gasteiger partial charge in [0.1, 0.15) is 5.82 Å². The number of halogens is 1. The van der Waals surface area contributed by atoms with Crippen LogP contribution < -0.4 is 5.73 Å². The van der Waals surface area contributed by atoms with Gasteiger partial charge in [0, 0.05) is 0 Å². The second-order valence-electron chi connectivity index (χ2n) is 6.40. The van der Waals surface area contributed by atoms with Crippen LogP contribution in [0.3, 0.4) is 0 Å².